The zero-order valence-corrected chi connectivity index (χ0v) is 6.02. The predicted molar refractivity (Wildman–Crippen MR) is 43.1 cm³/mol. The quantitative estimate of drug-likeness (QED) is 0.404. The van der Waals surface area contributed by atoms with Crippen LogP contribution in [0.15, 0.2) is 18.3 Å². The second kappa shape index (κ2) is 3.41. The predicted octanol–water partition coefficient (Wildman–Crippen LogP) is 1.25. The van der Waals surface area contributed by atoms with E-state index in [0.717, 1.165) is 6.08 Å². The summed E-state index contributed by atoms with van der Waals surface area (Å²) in [6.45, 7) is 0. The summed E-state index contributed by atoms with van der Waals surface area (Å²) in [7, 11) is 0. The molecule has 0 saturated carbocycles. The van der Waals surface area contributed by atoms with Crippen molar-refractivity contribution in [3.8, 4) is 0 Å². The highest BCUT2D eigenvalue weighted by atomic mass is 16.6. The van der Waals surface area contributed by atoms with Gasteiger partial charge in [0.25, 0.3) is 5.69 Å². The summed E-state index contributed by atoms with van der Waals surface area (Å²) < 4.78 is 0. The van der Waals surface area contributed by atoms with Crippen LogP contribution in [-0.4, -0.2) is 15.8 Å². The third-order valence-electron chi connectivity index (χ3n) is 1.22. The second-order valence-electron chi connectivity index (χ2n) is 1.95. The minimum Gasteiger partial charge on any atom is -0.259 e. The smallest absolute Gasteiger partial charge is 0.259 e. The van der Waals surface area contributed by atoms with E-state index in [1.807, 2.05) is 5.87 Å². The number of pyridine rings is 1. The van der Waals surface area contributed by atoms with E-state index in [9.17, 15) is 10.1 Å². The van der Waals surface area contributed by atoms with Crippen molar-refractivity contribution in [1.29, 1.82) is 5.41 Å². The molecular formula is C7H5N3O2. The van der Waals surface area contributed by atoms with Crippen LogP contribution in [0.2, 0.25) is 0 Å². The van der Waals surface area contributed by atoms with Gasteiger partial charge in [-0.05, 0) is 11.9 Å². The van der Waals surface area contributed by atoms with Crippen molar-refractivity contribution in [2.24, 2.45) is 0 Å². The van der Waals surface area contributed by atoms with Crippen molar-refractivity contribution >= 4 is 17.6 Å². The van der Waals surface area contributed by atoms with Crippen molar-refractivity contribution in [2.75, 3.05) is 0 Å². The fraction of sp³-hybridized carbons (Fsp3) is 0. The zero-order valence-electron chi connectivity index (χ0n) is 6.02. The fourth-order valence-corrected chi connectivity index (χ4v) is 0.743. The summed E-state index contributed by atoms with van der Waals surface area (Å²) in [5.74, 6) is 1.94. The van der Waals surface area contributed by atoms with Crippen molar-refractivity contribution < 1.29 is 4.92 Å². The average molecular weight is 163 g/mol. The molecule has 0 bridgehead atoms. The Balaban J connectivity index is 3.26. The van der Waals surface area contributed by atoms with Crippen LogP contribution in [0.1, 0.15) is 5.69 Å². The number of nitrogens with one attached hydrogen (secondary N) is 1. The molecule has 0 atom stereocenters. The molecule has 1 aromatic heterocycles. The Morgan fingerprint density at radius 3 is 3.08 bits per heavy atom. The molecule has 60 valence electrons. The molecule has 0 saturated heterocycles. The lowest BCUT2D eigenvalue weighted by molar-refractivity contribution is -0.385. The lowest BCUT2D eigenvalue weighted by Crippen LogP contribution is -1.92. The minimum atomic E-state index is -0.545. The first-order valence-electron chi connectivity index (χ1n) is 3.10. The molecule has 0 aromatic carbocycles. The van der Waals surface area contributed by atoms with Gasteiger partial charge in [0.2, 0.25) is 0 Å². The van der Waals surface area contributed by atoms with E-state index in [1.165, 1.54) is 18.3 Å². The van der Waals surface area contributed by atoms with Crippen LogP contribution in [0.25, 0.3) is 6.08 Å². The molecule has 0 unspecified atom stereocenters. The van der Waals surface area contributed by atoms with E-state index < -0.39 is 4.92 Å². The van der Waals surface area contributed by atoms with E-state index in [4.69, 9.17) is 5.41 Å². The molecule has 1 N–H and O–H groups in total. The third kappa shape index (κ3) is 1.53. The minimum absolute atomic E-state index is 0.114. The summed E-state index contributed by atoms with van der Waals surface area (Å²) in [6, 6.07) is 2.80. The number of hydrogen-bond donors (Lipinski definition) is 1. The first-order valence-corrected chi connectivity index (χ1v) is 3.10. The fourth-order valence-electron chi connectivity index (χ4n) is 0.743. The third-order valence-corrected chi connectivity index (χ3v) is 1.22. The first kappa shape index (κ1) is 8.10. The Morgan fingerprint density at radius 1 is 1.75 bits per heavy atom. The van der Waals surface area contributed by atoms with Crippen molar-refractivity contribution in [3.63, 3.8) is 0 Å². The van der Waals surface area contributed by atoms with Crippen molar-refractivity contribution in [3.05, 3.63) is 34.1 Å². The van der Waals surface area contributed by atoms with Gasteiger partial charge in [-0.1, -0.05) is 0 Å². The highest BCUT2D eigenvalue weighted by Gasteiger charge is 2.10. The largest absolute Gasteiger partial charge is 0.295 e. The Hall–Kier alpha value is -2.00. The number of rotatable bonds is 2. The Kier molecular flexibility index (Phi) is 2.30. The van der Waals surface area contributed by atoms with Crippen LogP contribution < -0.4 is 0 Å². The number of hydrogen-bond acceptors (Lipinski definition) is 4. The Bertz CT molecular complexity index is 334. The van der Waals surface area contributed by atoms with Gasteiger partial charge < -0.3 is 0 Å². The number of nitrogens with zero attached hydrogens (tertiary/aromatic N) is 2. The summed E-state index contributed by atoms with van der Waals surface area (Å²) in [6.07, 6.45) is 2.58. The highest BCUT2D eigenvalue weighted by molar-refractivity contribution is 5.77. The number of nitro groups is 1. The maximum atomic E-state index is 10.4. The molecule has 0 fully saturated rings. The molecule has 1 rings (SSSR count). The SMILES string of the molecule is N=C=Cc1ncccc1[N+](=O)[O-]. The molecule has 1 heterocycles. The van der Waals surface area contributed by atoms with Gasteiger partial charge in [-0.15, -0.1) is 0 Å². The van der Waals surface area contributed by atoms with Crippen LogP contribution in [0.5, 0.6) is 0 Å². The van der Waals surface area contributed by atoms with Gasteiger partial charge in [-0.3, -0.25) is 15.5 Å². The standard InChI is InChI=1S/C7H5N3O2/c8-4-3-6-7(10(11)12)2-1-5-9-6/h1-3,5,8H. The summed E-state index contributed by atoms with van der Waals surface area (Å²) >= 11 is 0. The maximum Gasteiger partial charge on any atom is 0.295 e. The molecule has 0 aliphatic carbocycles. The second-order valence-corrected chi connectivity index (χ2v) is 1.95. The molecule has 5 heteroatoms. The Morgan fingerprint density at radius 2 is 2.50 bits per heavy atom. The van der Waals surface area contributed by atoms with Crippen LogP contribution in [0, 0.1) is 15.5 Å². The van der Waals surface area contributed by atoms with E-state index >= 15 is 0 Å². The summed E-state index contributed by atoms with van der Waals surface area (Å²) in [5, 5.41) is 17.0. The lowest BCUT2D eigenvalue weighted by atomic mass is 10.3. The van der Waals surface area contributed by atoms with Gasteiger partial charge in [0, 0.05) is 18.3 Å². The first-order chi connectivity index (χ1) is 5.75. The lowest BCUT2D eigenvalue weighted by Gasteiger charge is -1.92. The monoisotopic (exact) mass is 163 g/mol. The van der Waals surface area contributed by atoms with Gasteiger partial charge in [-0.25, -0.2) is 4.98 Å². The van der Waals surface area contributed by atoms with E-state index in [-0.39, 0.29) is 11.4 Å². The maximum absolute atomic E-state index is 10.4. The molecule has 0 spiro atoms. The van der Waals surface area contributed by atoms with Crippen LogP contribution in [0.4, 0.5) is 5.69 Å². The molecule has 0 radical (unpaired) electrons. The van der Waals surface area contributed by atoms with E-state index in [1.54, 1.807) is 0 Å². The van der Waals surface area contributed by atoms with Gasteiger partial charge in [0.05, 0.1) is 4.92 Å². The van der Waals surface area contributed by atoms with Gasteiger partial charge in [-0.2, -0.15) is 0 Å². The molecule has 0 amide bonds. The zero-order chi connectivity index (χ0) is 8.97. The van der Waals surface area contributed by atoms with Crippen molar-refractivity contribution in [2.45, 2.75) is 0 Å². The summed E-state index contributed by atoms with van der Waals surface area (Å²) in [4.78, 5) is 13.5. The molecule has 1 aromatic rings. The summed E-state index contributed by atoms with van der Waals surface area (Å²) in [5.41, 5.74) is 0.0368. The normalized spacial score (nSPS) is 8.67. The van der Waals surface area contributed by atoms with Crippen LogP contribution in [0.3, 0.4) is 0 Å². The Labute approximate surface area is 68.0 Å². The molecule has 0 aliphatic rings. The molecular weight excluding hydrogens is 158 g/mol. The van der Waals surface area contributed by atoms with Gasteiger partial charge in [0.15, 0.2) is 0 Å². The highest BCUT2D eigenvalue weighted by Crippen LogP contribution is 2.14. The van der Waals surface area contributed by atoms with E-state index in [0.29, 0.717) is 0 Å². The van der Waals surface area contributed by atoms with Crippen molar-refractivity contribution in [1.82, 2.24) is 4.98 Å². The molecule has 12 heavy (non-hydrogen) atoms. The average Bonchev–Trinajstić information content (AvgIpc) is 2.05. The topological polar surface area (TPSA) is 79.9 Å². The molecule has 0 aliphatic heterocycles. The molecule has 5 nitrogen and oxygen atoms in total. The van der Waals surface area contributed by atoms with Crippen LogP contribution >= 0.6 is 0 Å². The number of aromatic nitrogens is 1. The van der Waals surface area contributed by atoms with Crippen LogP contribution in [-0.2, 0) is 0 Å². The van der Waals surface area contributed by atoms with Gasteiger partial charge in [0.1, 0.15) is 5.69 Å². The van der Waals surface area contributed by atoms with Gasteiger partial charge >= 0.3 is 0 Å². The van der Waals surface area contributed by atoms with E-state index in [2.05, 4.69) is 4.98 Å².